The van der Waals surface area contributed by atoms with Crippen molar-refractivity contribution in [1.29, 1.82) is 0 Å². The van der Waals surface area contributed by atoms with Gasteiger partial charge in [-0.05, 0) is 37.5 Å². The lowest BCUT2D eigenvalue weighted by Crippen LogP contribution is -2.28. The summed E-state index contributed by atoms with van der Waals surface area (Å²) in [6.07, 6.45) is 2.82. The fraction of sp³-hybridized carbons (Fsp3) is 0.500. The molecule has 0 atom stereocenters. The average Bonchev–Trinajstić information content (AvgIpc) is 2.33. The van der Waals surface area contributed by atoms with E-state index in [9.17, 15) is 9.18 Å². The molecule has 1 aromatic rings. The maximum Gasteiger partial charge on any atom is 0.256 e. The monoisotopic (exact) mass is 271 g/mol. The Morgan fingerprint density at radius 3 is 2.67 bits per heavy atom. The Morgan fingerprint density at radius 1 is 1.33 bits per heavy atom. The van der Waals surface area contributed by atoms with Crippen molar-refractivity contribution in [1.82, 2.24) is 4.90 Å². The van der Waals surface area contributed by atoms with E-state index >= 15 is 0 Å². The molecule has 1 aromatic carbocycles. The molecule has 0 radical (unpaired) electrons. The molecule has 0 aliphatic rings. The van der Waals surface area contributed by atoms with E-state index in [2.05, 4.69) is 0 Å². The fourth-order valence-corrected chi connectivity index (χ4v) is 1.91. The molecule has 0 aliphatic heterocycles. The van der Waals surface area contributed by atoms with E-state index in [0.29, 0.717) is 12.4 Å². The van der Waals surface area contributed by atoms with Crippen LogP contribution in [0, 0.1) is 12.7 Å². The molecule has 0 aliphatic carbocycles. The Hall–Kier alpha value is -1.09. The van der Waals surface area contributed by atoms with Crippen molar-refractivity contribution in [2.45, 2.75) is 26.2 Å². The number of hydrogen-bond acceptors (Lipinski definition) is 1. The van der Waals surface area contributed by atoms with Gasteiger partial charge in [-0.1, -0.05) is 12.5 Å². The van der Waals surface area contributed by atoms with Crippen molar-refractivity contribution in [3.05, 3.63) is 35.1 Å². The van der Waals surface area contributed by atoms with Crippen LogP contribution in [0.5, 0.6) is 0 Å². The summed E-state index contributed by atoms with van der Waals surface area (Å²) in [5.41, 5.74) is 0.953. The summed E-state index contributed by atoms with van der Waals surface area (Å²) in [6, 6.07) is 4.68. The molecule has 0 heterocycles. The van der Waals surface area contributed by atoms with Gasteiger partial charge in [-0.3, -0.25) is 4.79 Å². The normalized spacial score (nSPS) is 10.4. The summed E-state index contributed by atoms with van der Waals surface area (Å²) in [4.78, 5) is 13.6. The minimum absolute atomic E-state index is 0.139. The highest BCUT2D eigenvalue weighted by Crippen LogP contribution is 2.12. The number of amides is 1. The van der Waals surface area contributed by atoms with Gasteiger partial charge in [0.2, 0.25) is 0 Å². The smallest absolute Gasteiger partial charge is 0.256 e. The van der Waals surface area contributed by atoms with Gasteiger partial charge < -0.3 is 4.90 Å². The molecule has 0 spiro atoms. The summed E-state index contributed by atoms with van der Waals surface area (Å²) in [6.45, 7) is 2.43. The van der Waals surface area contributed by atoms with Crippen molar-refractivity contribution in [3.8, 4) is 0 Å². The zero-order valence-corrected chi connectivity index (χ0v) is 11.6. The van der Waals surface area contributed by atoms with E-state index in [4.69, 9.17) is 11.6 Å². The molecular weight excluding hydrogens is 253 g/mol. The number of carbonyl (C=O) groups excluding carboxylic acids is 1. The second-order valence-corrected chi connectivity index (χ2v) is 4.84. The van der Waals surface area contributed by atoms with Gasteiger partial charge in [-0.25, -0.2) is 4.39 Å². The van der Waals surface area contributed by atoms with Crippen LogP contribution in [0.4, 0.5) is 4.39 Å². The van der Waals surface area contributed by atoms with Crippen LogP contribution in [0.1, 0.15) is 35.2 Å². The van der Waals surface area contributed by atoms with Crippen molar-refractivity contribution < 1.29 is 9.18 Å². The first kappa shape index (κ1) is 15.0. The molecule has 100 valence electrons. The number of benzene rings is 1. The number of hydrogen-bond donors (Lipinski definition) is 0. The van der Waals surface area contributed by atoms with Gasteiger partial charge in [0, 0.05) is 19.5 Å². The quantitative estimate of drug-likeness (QED) is 0.572. The third-order valence-electron chi connectivity index (χ3n) is 2.83. The number of halogens is 2. The number of unbranched alkanes of at least 4 members (excludes halogenated alkanes) is 2. The predicted molar refractivity (Wildman–Crippen MR) is 72.7 cm³/mol. The van der Waals surface area contributed by atoms with Crippen molar-refractivity contribution in [2.75, 3.05) is 19.5 Å². The number of carbonyl (C=O) groups is 1. The van der Waals surface area contributed by atoms with E-state index in [1.165, 1.54) is 6.07 Å². The molecule has 0 fully saturated rings. The van der Waals surface area contributed by atoms with Gasteiger partial charge in [0.05, 0.1) is 5.56 Å². The molecule has 0 N–H and O–H groups in total. The molecule has 2 nitrogen and oxygen atoms in total. The van der Waals surface area contributed by atoms with Crippen LogP contribution in [-0.2, 0) is 0 Å². The van der Waals surface area contributed by atoms with Crippen LogP contribution in [-0.4, -0.2) is 30.3 Å². The van der Waals surface area contributed by atoms with Crippen LogP contribution in [0.2, 0.25) is 0 Å². The Labute approximate surface area is 113 Å². The van der Waals surface area contributed by atoms with Gasteiger partial charge in [0.25, 0.3) is 5.91 Å². The van der Waals surface area contributed by atoms with Gasteiger partial charge in [0.1, 0.15) is 5.82 Å². The lowest BCUT2D eigenvalue weighted by Gasteiger charge is -2.17. The van der Waals surface area contributed by atoms with Gasteiger partial charge in [0.15, 0.2) is 0 Å². The number of aryl methyl sites for hydroxylation is 1. The van der Waals surface area contributed by atoms with Crippen LogP contribution in [0.3, 0.4) is 0 Å². The van der Waals surface area contributed by atoms with E-state index < -0.39 is 5.82 Å². The minimum Gasteiger partial charge on any atom is -0.342 e. The van der Waals surface area contributed by atoms with Gasteiger partial charge in [-0.2, -0.15) is 0 Å². The molecule has 1 rings (SSSR count). The summed E-state index contributed by atoms with van der Waals surface area (Å²) in [7, 11) is 1.70. The van der Waals surface area contributed by atoms with E-state index in [1.807, 2.05) is 0 Å². The molecular formula is C14H19ClFNO. The van der Waals surface area contributed by atoms with Crippen LogP contribution in [0.25, 0.3) is 0 Å². The van der Waals surface area contributed by atoms with E-state index in [-0.39, 0.29) is 11.5 Å². The largest absolute Gasteiger partial charge is 0.342 e. The third-order valence-corrected chi connectivity index (χ3v) is 3.10. The zero-order chi connectivity index (χ0) is 13.5. The number of nitrogens with zero attached hydrogens (tertiary/aromatic N) is 1. The van der Waals surface area contributed by atoms with Crippen molar-refractivity contribution >= 4 is 17.5 Å². The molecule has 4 heteroatoms. The maximum atomic E-state index is 13.6. The molecule has 1 amide bonds. The molecule has 0 bridgehead atoms. The minimum atomic E-state index is -0.451. The summed E-state index contributed by atoms with van der Waals surface area (Å²) in [5.74, 6) is -0.0736. The third kappa shape index (κ3) is 4.30. The fourth-order valence-electron chi connectivity index (χ4n) is 1.72. The maximum absolute atomic E-state index is 13.6. The predicted octanol–water partition coefficient (Wildman–Crippen LogP) is 3.62. The first-order valence-electron chi connectivity index (χ1n) is 6.14. The topological polar surface area (TPSA) is 20.3 Å². The Morgan fingerprint density at radius 2 is 2.06 bits per heavy atom. The standard InChI is InChI=1S/C14H19ClFNO/c1-11-6-7-12(13(16)10-11)14(18)17(2)9-5-3-4-8-15/h6-7,10H,3-5,8-9H2,1-2H3. The number of rotatable bonds is 6. The van der Waals surface area contributed by atoms with Crippen LogP contribution < -0.4 is 0 Å². The van der Waals surface area contributed by atoms with E-state index in [0.717, 1.165) is 24.8 Å². The first-order chi connectivity index (χ1) is 8.56. The Balaban J connectivity index is 2.57. The van der Waals surface area contributed by atoms with E-state index in [1.54, 1.807) is 31.0 Å². The summed E-state index contributed by atoms with van der Waals surface area (Å²) in [5, 5.41) is 0. The second-order valence-electron chi connectivity index (χ2n) is 4.46. The van der Waals surface area contributed by atoms with Gasteiger partial charge >= 0.3 is 0 Å². The SMILES string of the molecule is Cc1ccc(C(=O)N(C)CCCCCCl)c(F)c1. The molecule has 18 heavy (non-hydrogen) atoms. The first-order valence-corrected chi connectivity index (χ1v) is 6.67. The highest BCUT2D eigenvalue weighted by Gasteiger charge is 2.15. The Bertz CT molecular complexity index is 409. The van der Waals surface area contributed by atoms with Crippen molar-refractivity contribution in [2.24, 2.45) is 0 Å². The lowest BCUT2D eigenvalue weighted by atomic mass is 10.1. The number of alkyl halides is 1. The zero-order valence-electron chi connectivity index (χ0n) is 10.9. The summed E-state index contributed by atoms with van der Waals surface area (Å²) >= 11 is 5.58. The molecule has 0 saturated carbocycles. The second kappa shape index (κ2) is 7.37. The average molecular weight is 272 g/mol. The van der Waals surface area contributed by atoms with Crippen LogP contribution in [0.15, 0.2) is 18.2 Å². The van der Waals surface area contributed by atoms with Crippen LogP contribution >= 0.6 is 11.6 Å². The molecule has 0 unspecified atom stereocenters. The lowest BCUT2D eigenvalue weighted by molar-refractivity contribution is 0.0788. The molecule has 0 saturated heterocycles. The Kier molecular flexibility index (Phi) is 6.13. The molecule has 0 aromatic heterocycles. The summed E-state index contributed by atoms with van der Waals surface area (Å²) < 4.78 is 13.6. The highest BCUT2D eigenvalue weighted by molar-refractivity contribution is 6.17. The van der Waals surface area contributed by atoms with Crippen molar-refractivity contribution in [3.63, 3.8) is 0 Å². The van der Waals surface area contributed by atoms with Gasteiger partial charge in [-0.15, -0.1) is 11.6 Å². The highest BCUT2D eigenvalue weighted by atomic mass is 35.5.